The van der Waals surface area contributed by atoms with Gasteiger partial charge in [-0.1, -0.05) is 89.3 Å². The molecule has 0 fully saturated rings. The number of Topliss-reactive ketones (excluding diaryl/α,β-unsaturated/α-hetero) is 1. The zero-order valence-corrected chi connectivity index (χ0v) is 16.3. The topological polar surface area (TPSA) is 37.3 Å². The Kier molecular flexibility index (Phi) is 9.23. The molecule has 26 heavy (non-hydrogen) atoms. The first-order chi connectivity index (χ1) is 12.7. The van der Waals surface area contributed by atoms with Gasteiger partial charge in [0, 0.05) is 12.0 Å². The molecule has 0 aliphatic rings. The number of hydrogen-bond donors (Lipinski definition) is 1. The van der Waals surface area contributed by atoms with E-state index in [0.717, 1.165) is 29.2 Å². The number of hydrogen-bond acceptors (Lipinski definition) is 2. The Labute approximate surface area is 158 Å². The fourth-order valence-corrected chi connectivity index (χ4v) is 3.50. The molecule has 0 heterocycles. The molecule has 1 N–H and O–H groups in total. The van der Waals surface area contributed by atoms with Crippen LogP contribution in [-0.4, -0.2) is 10.9 Å². The van der Waals surface area contributed by atoms with Crippen molar-refractivity contribution < 1.29 is 9.90 Å². The van der Waals surface area contributed by atoms with Crippen LogP contribution in [0.2, 0.25) is 0 Å². The van der Waals surface area contributed by atoms with Gasteiger partial charge in [0.1, 0.15) is 5.75 Å². The molecule has 0 spiro atoms. The van der Waals surface area contributed by atoms with Gasteiger partial charge < -0.3 is 5.11 Å². The Morgan fingerprint density at radius 1 is 0.731 bits per heavy atom. The molecule has 0 saturated heterocycles. The maximum Gasteiger partial charge on any atom is 0.162 e. The lowest BCUT2D eigenvalue weighted by Crippen LogP contribution is -1.98. The number of carbonyl (C=O) groups is 1. The fraction of sp³-hybridized carbons (Fsp3) is 0.542. The maximum atomic E-state index is 12.4. The molecular formula is C24H34O2. The van der Waals surface area contributed by atoms with Crippen molar-refractivity contribution in [3.8, 4) is 5.75 Å². The summed E-state index contributed by atoms with van der Waals surface area (Å²) in [6.07, 6.45) is 14.9. The number of ketones is 1. The predicted octanol–water partition coefficient (Wildman–Crippen LogP) is 7.43. The van der Waals surface area contributed by atoms with Crippen LogP contribution >= 0.6 is 0 Å². The quantitative estimate of drug-likeness (QED) is 0.300. The molecule has 0 atom stereocenters. The van der Waals surface area contributed by atoms with E-state index >= 15 is 0 Å². The highest BCUT2D eigenvalue weighted by atomic mass is 16.3. The van der Waals surface area contributed by atoms with E-state index in [1.54, 1.807) is 12.1 Å². The molecule has 142 valence electrons. The monoisotopic (exact) mass is 354 g/mol. The summed E-state index contributed by atoms with van der Waals surface area (Å²) < 4.78 is 0. The van der Waals surface area contributed by atoms with Crippen molar-refractivity contribution >= 4 is 16.6 Å². The van der Waals surface area contributed by atoms with Gasteiger partial charge in [-0.25, -0.2) is 0 Å². The smallest absolute Gasteiger partial charge is 0.162 e. The van der Waals surface area contributed by atoms with E-state index < -0.39 is 0 Å². The summed E-state index contributed by atoms with van der Waals surface area (Å²) in [5.41, 5.74) is 0.787. The third-order valence-corrected chi connectivity index (χ3v) is 5.15. The molecular weight excluding hydrogens is 320 g/mol. The number of phenolic OH excluding ortho intramolecular Hbond substituents is 1. The molecule has 0 aliphatic heterocycles. The van der Waals surface area contributed by atoms with Crippen molar-refractivity contribution in [1.29, 1.82) is 0 Å². The van der Waals surface area contributed by atoms with E-state index in [0.29, 0.717) is 6.42 Å². The number of aromatic hydroxyl groups is 1. The number of unbranched alkanes of at least 4 members (excludes halogenated alkanes) is 10. The summed E-state index contributed by atoms with van der Waals surface area (Å²) in [6, 6.07) is 11.0. The molecule has 0 radical (unpaired) electrons. The summed E-state index contributed by atoms with van der Waals surface area (Å²) in [5.74, 6) is 0.494. The third kappa shape index (κ3) is 7.19. The van der Waals surface area contributed by atoms with Crippen LogP contribution in [-0.2, 0) is 0 Å². The summed E-state index contributed by atoms with van der Waals surface area (Å²) in [5, 5.41) is 11.5. The Bertz CT molecular complexity index is 675. The molecule has 0 unspecified atom stereocenters. The zero-order chi connectivity index (χ0) is 18.6. The molecule has 2 rings (SSSR count). The van der Waals surface area contributed by atoms with Gasteiger partial charge >= 0.3 is 0 Å². The van der Waals surface area contributed by atoms with Crippen LogP contribution in [0, 0.1) is 0 Å². The van der Waals surface area contributed by atoms with Gasteiger partial charge in [-0.2, -0.15) is 0 Å². The van der Waals surface area contributed by atoms with E-state index in [1.165, 1.54) is 57.8 Å². The average molecular weight is 355 g/mol. The van der Waals surface area contributed by atoms with Crippen LogP contribution < -0.4 is 0 Å². The number of benzene rings is 2. The number of rotatable bonds is 13. The van der Waals surface area contributed by atoms with Crippen LogP contribution in [0.3, 0.4) is 0 Å². The predicted molar refractivity (Wildman–Crippen MR) is 111 cm³/mol. The van der Waals surface area contributed by atoms with Gasteiger partial charge in [0.15, 0.2) is 5.78 Å². The highest BCUT2D eigenvalue weighted by Gasteiger charge is 2.07. The second-order valence-electron chi connectivity index (χ2n) is 7.45. The highest BCUT2D eigenvalue weighted by Crippen LogP contribution is 2.22. The van der Waals surface area contributed by atoms with E-state index in [-0.39, 0.29) is 11.5 Å². The SMILES string of the molecule is CCCCCCCCCCCCCC(=O)c1ccc2cc(O)ccc2c1. The van der Waals surface area contributed by atoms with Crippen LogP contribution in [0.5, 0.6) is 5.75 Å². The van der Waals surface area contributed by atoms with Gasteiger partial charge in [0.2, 0.25) is 0 Å². The number of fused-ring (bicyclic) bond motifs is 1. The minimum Gasteiger partial charge on any atom is -0.508 e. The molecule has 2 nitrogen and oxygen atoms in total. The molecule has 2 aromatic carbocycles. The molecule has 2 aromatic rings. The standard InChI is InChI=1S/C24H34O2/c1-2-3-4-5-6-7-8-9-10-11-12-13-24(26)22-15-14-21-19-23(25)17-16-20(21)18-22/h14-19,25H,2-13H2,1H3. The van der Waals surface area contributed by atoms with Crippen molar-refractivity contribution in [2.45, 2.75) is 84.0 Å². The first-order valence-electron chi connectivity index (χ1n) is 10.5. The maximum absolute atomic E-state index is 12.4. The van der Waals surface area contributed by atoms with Crippen molar-refractivity contribution in [2.75, 3.05) is 0 Å². The number of carbonyl (C=O) groups excluding carboxylic acids is 1. The van der Waals surface area contributed by atoms with Gasteiger partial charge in [-0.15, -0.1) is 0 Å². The summed E-state index contributed by atoms with van der Waals surface area (Å²) in [6.45, 7) is 2.26. The van der Waals surface area contributed by atoms with Crippen molar-refractivity contribution in [1.82, 2.24) is 0 Å². The Hall–Kier alpha value is -1.83. The fourth-order valence-electron chi connectivity index (χ4n) is 3.50. The first kappa shape index (κ1) is 20.5. The second-order valence-corrected chi connectivity index (χ2v) is 7.45. The van der Waals surface area contributed by atoms with Crippen LogP contribution in [0.1, 0.15) is 94.3 Å². The molecule has 0 saturated carbocycles. The van der Waals surface area contributed by atoms with Crippen LogP contribution in [0.15, 0.2) is 36.4 Å². The van der Waals surface area contributed by atoms with E-state index in [2.05, 4.69) is 6.92 Å². The van der Waals surface area contributed by atoms with Crippen molar-refractivity contribution in [2.24, 2.45) is 0 Å². The molecule has 0 bridgehead atoms. The number of phenols is 1. The van der Waals surface area contributed by atoms with E-state index in [4.69, 9.17) is 0 Å². The van der Waals surface area contributed by atoms with Crippen LogP contribution in [0.25, 0.3) is 10.8 Å². The van der Waals surface area contributed by atoms with Crippen LogP contribution in [0.4, 0.5) is 0 Å². The van der Waals surface area contributed by atoms with E-state index in [9.17, 15) is 9.90 Å². The molecule has 0 amide bonds. The van der Waals surface area contributed by atoms with Gasteiger partial charge in [0.25, 0.3) is 0 Å². The molecule has 0 aromatic heterocycles. The Morgan fingerprint density at radius 3 is 1.92 bits per heavy atom. The Morgan fingerprint density at radius 2 is 1.27 bits per heavy atom. The lowest BCUT2D eigenvalue weighted by atomic mass is 10.00. The lowest BCUT2D eigenvalue weighted by Gasteiger charge is -2.05. The minimum atomic E-state index is 0.232. The first-order valence-corrected chi connectivity index (χ1v) is 10.5. The summed E-state index contributed by atoms with van der Waals surface area (Å²) in [7, 11) is 0. The highest BCUT2D eigenvalue weighted by molar-refractivity contribution is 6.00. The van der Waals surface area contributed by atoms with E-state index in [1.807, 2.05) is 24.3 Å². The van der Waals surface area contributed by atoms with Crippen molar-refractivity contribution in [3.63, 3.8) is 0 Å². The minimum absolute atomic E-state index is 0.232. The van der Waals surface area contributed by atoms with Gasteiger partial charge in [0.05, 0.1) is 0 Å². The largest absolute Gasteiger partial charge is 0.508 e. The average Bonchev–Trinajstić information content (AvgIpc) is 2.65. The van der Waals surface area contributed by atoms with Gasteiger partial charge in [-0.05, 0) is 35.4 Å². The van der Waals surface area contributed by atoms with Crippen molar-refractivity contribution in [3.05, 3.63) is 42.0 Å². The Balaban J connectivity index is 1.58. The summed E-state index contributed by atoms with van der Waals surface area (Å²) >= 11 is 0. The molecule has 0 aliphatic carbocycles. The second kappa shape index (κ2) is 11.7. The summed E-state index contributed by atoms with van der Waals surface area (Å²) in [4.78, 5) is 12.4. The zero-order valence-electron chi connectivity index (χ0n) is 16.3. The normalized spacial score (nSPS) is 11.1. The lowest BCUT2D eigenvalue weighted by molar-refractivity contribution is 0.0979. The third-order valence-electron chi connectivity index (χ3n) is 5.15. The molecule has 2 heteroatoms. The van der Waals surface area contributed by atoms with Gasteiger partial charge in [-0.3, -0.25) is 4.79 Å².